The Kier molecular flexibility index (Phi) is 6.97. The summed E-state index contributed by atoms with van der Waals surface area (Å²) in [7, 11) is 0. The summed E-state index contributed by atoms with van der Waals surface area (Å²) < 4.78 is 10.6. The van der Waals surface area contributed by atoms with Gasteiger partial charge in [-0.05, 0) is 60.2 Å². The average Bonchev–Trinajstić information content (AvgIpc) is 2.74. The number of hydrazone groups is 1. The molecule has 3 aromatic carbocycles. The van der Waals surface area contributed by atoms with E-state index in [9.17, 15) is 9.59 Å². The molecule has 0 aliphatic heterocycles. The first-order chi connectivity index (χ1) is 14.1. The Morgan fingerprint density at radius 2 is 1.69 bits per heavy atom. The number of hydrogen-bond acceptors (Lipinski definition) is 5. The first-order valence-electron chi connectivity index (χ1n) is 8.68. The molecule has 0 spiro atoms. The first-order valence-corrected chi connectivity index (χ1v) is 9.05. The van der Waals surface area contributed by atoms with Crippen molar-refractivity contribution in [3.63, 3.8) is 0 Å². The molecule has 0 aliphatic carbocycles. The Hall–Kier alpha value is -3.64. The minimum absolute atomic E-state index is 0.139. The second-order valence-electron chi connectivity index (χ2n) is 5.86. The highest BCUT2D eigenvalue weighted by Crippen LogP contribution is 2.16. The van der Waals surface area contributed by atoms with Crippen molar-refractivity contribution in [2.24, 2.45) is 5.10 Å². The van der Waals surface area contributed by atoms with E-state index >= 15 is 0 Å². The van der Waals surface area contributed by atoms with Gasteiger partial charge in [0.25, 0.3) is 5.91 Å². The van der Waals surface area contributed by atoms with E-state index in [0.29, 0.717) is 22.1 Å². The van der Waals surface area contributed by atoms with Crippen molar-refractivity contribution in [3.05, 3.63) is 95.0 Å². The molecule has 146 valence electrons. The van der Waals surface area contributed by atoms with Crippen LogP contribution in [0, 0.1) is 0 Å². The van der Waals surface area contributed by atoms with E-state index in [1.165, 1.54) is 12.3 Å². The Bertz CT molecular complexity index is 1000. The Morgan fingerprint density at radius 3 is 2.41 bits per heavy atom. The molecule has 0 saturated heterocycles. The van der Waals surface area contributed by atoms with Crippen LogP contribution in [0.5, 0.6) is 11.5 Å². The maximum absolute atomic E-state index is 12.1. The average molecular weight is 409 g/mol. The number of benzene rings is 3. The van der Waals surface area contributed by atoms with Crippen LogP contribution >= 0.6 is 11.6 Å². The third kappa shape index (κ3) is 6.48. The lowest BCUT2D eigenvalue weighted by molar-refractivity contribution is -0.123. The molecule has 1 amide bonds. The summed E-state index contributed by atoms with van der Waals surface area (Å²) in [5, 5.41) is 4.34. The summed E-state index contributed by atoms with van der Waals surface area (Å²) in [6.07, 6.45) is 1.48. The number of hydrogen-bond donors (Lipinski definition) is 1. The van der Waals surface area contributed by atoms with Crippen molar-refractivity contribution in [3.8, 4) is 11.5 Å². The standard InChI is InChI=1S/C22H17ClN2O4/c23-18-6-4-5-17(13-18)22(27)29-20-11-9-16(10-12-20)14-24-25-21(26)15-28-19-7-2-1-3-8-19/h1-14H,15H2,(H,25,26). The van der Waals surface area contributed by atoms with Crippen molar-refractivity contribution in [2.75, 3.05) is 6.61 Å². The molecule has 0 heterocycles. The minimum Gasteiger partial charge on any atom is -0.484 e. The molecular weight excluding hydrogens is 392 g/mol. The molecule has 3 rings (SSSR count). The summed E-state index contributed by atoms with van der Waals surface area (Å²) in [6, 6.07) is 22.2. The summed E-state index contributed by atoms with van der Waals surface area (Å²) in [4.78, 5) is 23.8. The number of ether oxygens (including phenoxy) is 2. The number of carbonyl (C=O) groups excluding carboxylic acids is 2. The van der Waals surface area contributed by atoms with Crippen LogP contribution in [0.2, 0.25) is 5.02 Å². The van der Waals surface area contributed by atoms with Gasteiger partial charge >= 0.3 is 5.97 Å². The number of rotatable bonds is 7. The minimum atomic E-state index is -0.500. The summed E-state index contributed by atoms with van der Waals surface area (Å²) in [5.41, 5.74) is 3.47. The van der Waals surface area contributed by atoms with Gasteiger partial charge in [0.2, 0.25) is 0 Å². The van der Waals surface area contributed by atoms with Gasteiger partial charge in [-0.2, -0.15) is 5.10 Å². The second-order valence-corrected chi connectivity index (χ2v) is 6.30. The molecular formula is C22H17ClN2O4. The SMILES string of the molecule is O=C(COc1ccccc1)NN=Cc1ccc(OC(=O)c2cccc(Cl)c2)cc1. The van der Waals surface area contributed by atoms with Crippen LogP contribution in [0.3, 0.4) is 0 Å². The van der Waals surface area contributed by atoms with Crippen molar-refractivity contribution in [1.82, 2.24) is 5.43 Å². The van der Waals surface area contributed by atoms with Crippen LogP contribution < -0.4 is 14.9 Å². The van der Waals surface area contributed by atoms with Crippen LogP contribution in [-0.2, 0) is 4.79 Å². The molecule has 0 aliphatic rings. The Morgan fingerprint density at radius 1 is 0.931 bits per heavy atom. The van der Waals surface area contributed by atoms with Gasteiger partial charge in [0.05, 0.1) is 11.8 Å². The van der Waals surface area contributed by atoms with Gasteiger partial charge in [0.1, 0.15) is 11.5 Å². The Labute approximate surface area is 172 Å². The maximum atomic E-state index is 12.1. The van der Waals surface area contributed by atoms with Crippen LogP contribution in [0.25, 0.3) is 0 Å². The van der Waals surface area contributed by atoms with E-state index < -0.39 is 5.97 Å². The number of amides is 1. The van der Waals surface area contributed by atoms with Gasteiger partial charge < -0.3 is 9.47 Å². The van der Waals surface area contributed by atoms with Gasteiger partial charge in [-0.25, -0.2) is 10.2 Å². The largest absolute Gasteiger partial charge is 0.484 e. The first kappa shape index (κ1) is 20.1. The molecule has 0 unspecified atom stereocenters. The molecule has 0 atom stereocenters. The van der Waals surface area contributed by atoms with Crippen LogP contribution in [-0.4, -0.2) is 24.7 Å². The fourth-order valence-corrected chi connectivity index (χ4v) is 2.47. The van der Waals surface area contributed by atoms with E-state index in [1.807, 2.05) is 18.2 Å². The van der Waals surface area contributed by atoms with Gasteiger partial charge in [-0.3, -0.25) is 4.79 Å². The third-order valence-electron chi connectivity index (χ3n) is 3.67. The van der Waals surface area contributed by atoms with E-state index in [0.717, 1.165) is 5.56 Å². The molecule has 6 nitrogen and oxygen atoms in total. The van der Waals surface area contributed by atoms with E-state index in [2.05, 4.69) is 10.5 Å². The third-order valence-corrected chi connectivity index (χ3v) is 3.90. The lowest BCUT2D eigenvalue weighted by Crippen LogP contribution is -2.24. The van der Waals surface area contributed by atoms with Crippen molar-refractivity contribution in [1.29, 1.82) is 0 Å². The smallest absolute Gasteiger partial charge is 0.343 e. The lowest BCUT2D eigenvalue weighted by Gasteiger charge is -2.05. The predicted molar refractivity (Wildman–Crippen MR) is 111 cm³/mol. The van der Waals surface area contributed by atoms with Crippen LogP contribution in [0.4, 0.5) is 0 Å². The molecule has 3 aromatic rings. The summed E-state index contributed by atoms with van der Waals surface area (Å²) >= 11 is 5.87. The second kappa shape index (κ2) is 10.1. The monoisotopic (exact) mass is 408 g/mol. The normalized spacial score (nSPS) is 10.5. The maximum Gasteiger partial charge on any atom is 0.343 e. The number of carbonyl (C=O) groups is 2. The number of halogens is 1. The highest BCUT2D eigenvalue weighted by atomic mass is 35.5. The zero-order valence-corrected chi connectivity index (χ0v) is 16.0. The van der Waals surface area contributed by atoms with Gasteiger partial charge in [0.15, 0.2) is 6.61 Å². The van der Waals surface area contributed by atoms with Crippen LogP contribution in [0.1, 0.15) is 15.9 Å². The molecule has 0 bridgehead atoms. The highest BCUT2D eigenvalue weighted by molar-refractivity contribution is 6.30. The van der Waals surface area contributed by atoms with Crippen LogP contribution in [0.15, 0.2) is 84.0 Å². The predicted octanol–water partition coefficient (Wildman–Crippen LogP) is 4.09. The topological polar surface area (TPSA) is 77.0 Å². The molecule has 29 heavy (non-hydrogen) atoms. The quantitative estimate of drug-likeness (QED) is 0.276. The fourth-order valence-electron chi connectivity index (χ4n) is 2.28. The molecule has 0 fully saturated rings. The highest BCUT2D eigenvalue weighted by Gasteiger charge is 2.08. The molecule has 1 N–H and O–H groups in total. The number of nitrogens with zero attached hydrogens (tertiary/aromatic N) is 1. The molecule has 7 heteroatoms. The number of nitrogens with one attached hydrogen (secondary N) is 1. The van der Waals surface area contributed by atoms with E-state index in [4.69, 9.17) is 21.1 Å². The summed E-state index contributed by atoms with van der Waals surface area (Å²) in [6.45, 7) is -0.139. The molecule has 0 radical (unpaired) electrons. The lowest BCUT2D eigenvalue weighted by atomic mass is 10.2. The van der Waals surface area contributed by atoms with Crippen molar-refractivity contribution in [2.45, 2.75) is 0 Å². The van der Waals surface area contributed by atoms with Gasteiger partial charge in [-0.1, -0.05) is 35.9 Å². The molecule has 0 aromatic heterocycles. The number of esters is 1. The summed E-state index contributed by atoms with van der Waals surface area (Å²) in [5.74, 6) is 0.110. The fraction of sp³-hybridized carbons (Fsp3) is 0.0455. The van der Waals surface area contributed by atoms with Crippen molar-refractivity contribution < 1.29 is 19.1 Å². The van der Waals surface area contributed by atoms with E-state index in [1.54, 1.807) is 54.6 Å². The van der Waals surface area contributed by atoms with Crippen molar-refractivity contribution >= 4 is 29.7 Å². The van der Waals surface area contributed by atoms with E-state index in [-0.39, 0.29) is 12.5 Å². The zero-order valence-electron chi connectivity index (χ0n) is 15.2. The molecule has 0 saturated carbocycles. The zero-order chi connectivity index (χ0) is 20.5. The Balaban J connectivity index is 1.47. The van der Waals surface area contributed by atoms with Gasteiger partial charge in [-0.15, -0.1) is 0 Å². The van der Waals surface area contributed by atoms with Gasteiger partial charge in [0, 0.05) is 5.02 Å². The number of para-hydroxylation sites is 1.